The van der Waals surface area contributed by atoms with Crippen molar-refractivity contribution in [1.82, 2.24) is 4.98 Å². The number of halogens is 1. The second kappa shape index (κ2) is 3.46. The molecule has 1 radical (unpaired) electrons. The zero-order valence-electron chi connectivity index (χ0n) is 7.43. The predicted octanol–water partition coefficient (Wildman–Crippen LogP) is 2.52. The molecule has 0 bridgehead atoms. The molecule has 2 rings (SSSR count). The molecule has 1 heterocycles. The lowest BCUT2D eigenvalue weighted by Crippen LogP contribution is -1.99. The molecule has 0 aliphatic rings. The van der Waals surface area contributed by atoms with Crippen molar-refractivity contribution >= 4 is 32.8 Å². The summed E-state index contributed by atoms with van der Waals surface area (Å²) in [6.07, 6.45) is 2.77. The second-order valence-corrected chi connectivity index (χ2v) is 3.72. The molecule has 14 heavy (non-hydrogen) atoms. The summed E-state index contributed by atoms with van der Waals surface area (Å²) in [5, 5.41) is 0.811. The third-order valence-corrected chi connectivity index (χ3v) is 2.46. The molecular weight excluding hydrogens is 246 g/mol. The van der Waals surface area contributed by atoms with Gasteiger partial charge in [0.15, 0.2) is 0 Å². The van der Waals surface area contributed by atoms with Gasteiger partial charge < -0.3 is 9.72 Å². The fourth-order valence-corrected chi connectivity index (χ4v) is 1.65. The molecule has 4 heteroatoms. The van der Waals surface area contributed by atoms with E-state index in [0.29, 0.717) is 5.56 Å². The average molecular weight is 253 g/mol. The molecule has 0 spiro atoms. The summed E-state index contributed by atoms with van der Waals surface area (Å²) < 4.78 is 5.56. The number of ether oxygens (including phenoxy) is 1. The van der Waals surface area contributed by atoms with Gasteiger partial charge in [0.1, 0.15) is 0 Å². The average Bonchev–Trinajstić information content (AvgIpc) is 2.59. The van der Waals surface area contributed by atoms with Gasteiger partial charge in [-0.25, -0.2) is 4.79 Å². The van der Waals surface area contributed by atoms with Crippen LogP contribution in [0.15, 0.2) is 22.7 Å². The number of rotatable bonds is 1. The lowest BCUT2D eigenvalue weighted by molar-refractivity contribution is 0.0602. The largest absolute Gasteiger partial charge is 0.465 e. The van der Waals surface area contributed by atoms with Crippen LogP contribution in [-0.4, -0.2) is 18.1 Å². The van der Waals surface area contributed by atoms with E-state index in [1.54, 1.807) is 0 Å². The third kappa shape index (κ3) is 1.42. The van der Waals surface area contributed by atoms with Crippen LogP contribution in [0.4, 0.5) is 0 Å². The number of aromatic nitrogens is 1. The van der Waals surface area contributed by atoms with Crippen LogP contribution in [0.25, 0.3) is 10.9 Å². The summed E-state index contributed by atoms with van der Waals surface area (Å²) in [5.41, 5.74) is 1.30. The number of aromatic amines is 1. The van der Waals surface area contributed by atoms with Crippen LogP contribution in [0.5, 0.6) is 0 Å². The first-order valence-electron chi connectivity index (χ1n) is 3.99. The number of carbonyl (C=O) groups excluding carboxylic acids is 1. The highest BCUT2D eigenvalue weighted by Crippen LogP contribution is 2.22. The minimum atomic E-state index is -0.380. The molecular formula is C10H7BrNO2. The number of benzene rings is 1. The Morgan fingerprint density at radius 2 is 2.36 bits per heavy atom. The van der Waals surface area contributed by atoms with Crippen molar-refractivity contribution < 1.29 is 9.53 Å². The maximum Gasteiger partial charge on any atom is 0.340 e. The Morgan fingerprint density at radius 3 is 3.07 bits per heavy atom. The molecule has 0 fully saturated rings. The number of hydrogen-bond acceptors (Lipinski definition) is 2. The zero-order chi connectivity index (χ0) is 10.1. The Balaban J connectivity index is 2.67. The maximum atomic E-state index is 11.3. The standard InChI is InChI=1S/C10H7BrNO2/c1-14-10(13)8-5-12-9-3-2-6(11)4-7(8)9/h2-4,12H,1H3. The monoisotopic (exact) mass is 252 g/mol. The Morgan fingerprint density at radius 1 is 1.57 bits per heavy atom. The smallest absolute Gasteiger partial charge is 0.340 e. The van der Waals surface area contributed by atoms with Gasteiger partial charge in [-0.05, 0) is 18.2 Å². The first-order valence-corrected chi connectivity index (χ1v) is 4.79. The number of hydrogen-bond donors (Lipinski definition) is 1. The van der Waals surface area contributed by atoms with Gasteiger partial charge in [-0.15, -0.1) is 0 Å². The minimum absolute atomic E-state index is 0.380. The molecule has 1 aromatic carbocycles. The van der Waals surface area contributed by atoms with Crippen LogP contribution in [0.3, 0.4) is 0 Å². The Hall–Kier alpha value is -1.29. The second-order valence-electron chi connectivity index (χ2n) is 2.81. The SMILES string of the molecule is COC(=O)c1[c][nH]c2ccc(Br)cc12. The van der Waals surface area contributed by atoms with E-state index >= 15 is 0 Å². The third-order valence-electron chi connectivity index (χ3n) is 1.96. The fraction of sp³-hybridized carbons (Fsp3) is 0.100. The molecule has 71 valence electrons. The molecule has 1 N–H and O–H groups in total. The van der Waals surface area contributed by atoms with E-state index in [-0.39, 0.29) is 5.97 Å². The predicted molar refractivity (Wildman–Crippen MR) is 56.2 cm³/mol. The van der Waals surface area contributed by atoms with E-state index in [1.807, 2.05) is 18.2 Å². The molecule has 1 aromatic heterocycles. The normalized spacial score (nSPS) is 10.4. The van der Waals surface area contributed by atoms with E-state index in [1.165, 1.54) is 7.11 Å². The van der Waals surface area contributed by atoms with Gasteiger partial charge in [-0.3, -0.25) is 0 Å². The van der Waals surface area contributed by atoms with Gasteiger partial charge in [-0.1, -0.05) is 15.9 Å². The lowest BCUT2D eigenvalue weighted by atomic mass is 10.2. The zero-order valence-corrected chi connectivity index (χ0v) is 9.01. The van der Waals surface area contributed by atoms with Gasteiger partial charge in [0.2, 0.25) is 0 Å². The molecule has 0 amide bonds. The van der Waals surface area contributed by atoms with Gasteiger partial charge in [-0.2, -0.15) is 0 Å². The quantitative estimate of drug-likeness (QED) is 0.793. The number of esters is 1. The van der Waals surface area contributed by atoms with Crippen molar-refractivity contribution in [1.29, 1.82) is 0 Å². The van der Waals surface area contributed by atoms with Crippen molar-refractivity contribution in [3.05, 3.63) is 34.4 Å². The minimum Gasteiger partial charge on any atom is -0.465 e. The molecule has 3 nitrogen and oxygen atoms in total. The summed E-state index contributed by atoms with van der Waals surface area (Å²) in [4.78, 5) is 14.2. The molecule has 0 atom stereocenters. The number of carbonyl (C=O) groups is 1. The number of nitrogens with one attached hydrogen (secondary N) is 1. The van der Waals surface area contributed by atoms with Crippen LogP contribution in [0.2, 0.25) is 0 Å². The summed E-state index contributed by atoms with van der Waals surface area (Å²) in [5.74, 6) is -0.380. The summed E-state index contributed by atoms with van der Waals surface area (Å²) >= 11 is 3.34. The van der Waals surface area contributed by atoms with Crippen LogP contribution >= 0.6 is 15.9 Å². The van der Waals surface area contributed by atoms with Crippen molar-refractivity contribution in [2.75, 3.05) is 7.11 Å². The molecule has 0 aliphatic carbocycles. The summed E-state index contributed by atoms with van der Waals surface area (Å²) in [6, 6.07) is 5.63. The Labute approximate surface area is 89.2 Å². The fourth-order valence-electron chi connectivity index (χ4n) is 1.29. The molecule has 0 aliphatic heterocycles. The van der Waals surface area contributed by atoms with Crippen molar-refractivity contribution in [3.63, 3.8) is 0 Å². The van der Waals surface area contributed by atoms with Gasteiger partial charge in [0.25, 0.3) is 0 Å². The van der Waals surface area contributed by atoms with Crippen molar-refractivity contribution in [2.24, 2.45) is 0 Å². The molecule has 0 saturated carbocycles. The van der Waals surface area contributed by atoms with Crippen molar-refractivity contribution in [3.8, 4) is 0 Å². The van der Waals surface area contributed by atoms with E-state index in [9.17, 15) is 4.79 Å². The molecule has 0 saturated heterocycles. The van der Waals surface area contributed by atoms with E-state index in [0.717, 1.165) is 15.4 Å². The molecule has 0 unspecified atom stereocenters. The van der Waals surface area contributed by atoms with Gasteiger partial charge >= 0.3 is 5.97 Å². The van der Waals surface area contributed by atoms with E-state index < -0.39 is 0 Å². The highest BCUT2D eigenvalue weighted by molar-refractivity contribution is 9.10. The molecule has 2 aromatic rings. The lowest BCUT2D eigenvalue weighted by Gasteiger charge is -1.96. The number of methoxy groups -OCH3 is 1. The van der Waals surface area contributed by atoms with Crippen LogP contribution in [0.1, 0.15) is 10.4 Å². The topological polar surface area (TPSA) is 42.1 Å². The van der Waals surface area contributed by atoms with Gasteiger partial charge in [0.05, 0.1) is 18.9 Å². The number of H-pyrrole nitrogens is 1. The van der Waals surface area contributed by atoms with Crippen LogP contribution in [-0.2, 0) is 4.74 Å². The van der Waals surface area contributed by atoms with Crippen LogP contribution < -0.4 is 0 Å². The van der Waals surface area contributed by atoms with E-state index in [4.69, 9.17) is 0 Å². The van der Waals surface area contributed by atoms with Gasteiger partial charge in [0, 0.05) is 15.4 Å². The Bertz CT molecular complexity index is 490. The van der Waals surface area contributed by atoms with E-state index in [2.05, 4.69) is 31.8 Å². The van der Waals surface area contributed by atoms with Crippen LogP contribution in [0, 0.1) is 6.20 Å². The summed E-state index contributed by atoms with van der Waals surface area (Å²) in [7, 11) is 1.35. The summed E-state index contributed by atoms with van der Waals surface area (Å²) in [6.45, 7) is 0. The highest BCUT2D eigenvalue weighted by Gasteiger charge is 2.12. The first-order chi connectivity index (χ1) is 6.72. The maximum absolute atomic E-state index is 11.3. The van der Waals surface area contributed by atoms with Crippen molar-refractivity contribution in [2.45, 2.75) is 0 Å². The number of fused-ring (bicyclic) bond motifs is 1. The Kier molecular flexibility index (Phi) is 2.29. The highest BCUT2D eigenvalue weighted by atomic mass is 79.9. The first kappa shape index (κ1) is 9.27.